The molecule has 71 heavy (non-hydrogen) atoms. The van der Waals surface area contributed by atoms with E-state index in [9.17, 15) is 14.4 Å². The monoisotopic (exact) mass is 989 g/mol. The van der Waals surface area contributed by atoms with Crippen molar-refractivity contribution in [1.29, 1.82) is 0 Å². The van der Waals surface area contributed by atoms with Crippen molar-refractivity contribution in [1.82, 2.24) is 0 Å². The first-order chi connectivity index (χ1) is 35.0. The second kappa shape index (κ2) is 59.2. The topological polar surface area (TPSA) is 78.9 Å². The number of carbonyl (C=O) groups is 3. The number of hydrogen-bond donors (Lipinski definition) is 0. The molecule has 0 aromatic carbocycles. The molecule has 0 spiro atoms. The fourth-order valence-electron chi connectivity index (χ4n) is 8.28. The van der Waals surface area contributed by atoms with Gasteiger partial charge in [-0.2, -0.15) is 0 Å². The van der Waals surface area contributed by atoms with Crippen LogP contribution in [-0.2, 0) is 28.6 Å². The van der Waals surface area contributed by atoms with Gasteiger partial charge in [0.2, 0.25) is 0 Å². The third kappa shape index (κ3) is 57.4. The SMILES string of the molecule is CCCCC/C=C/C/C=C/C/C=C/C/C=C/CCCC(=O)O[C@H](COC(=O)CCCCCCCCC/C=C/C/C=C/CCCCC)COC(=O)CCCCCCCCCCC/C=C/CCCCCCCC. The van der Waals surface area contributed by atoms with Crippen molar-refractivity contribution in [2.24, 2.45) is 0 Å². The van der Waals surface area contributed by atoms with Gasteiger partial charge in [-0.15, -0.1) is 0 Å². The van der Waals surface area contributed by atoms with Gasteiger partial charge in [0.15, 0.2) is 6.10 Å². The van der Waals surface area contributed by atoms with Gasteiger partial charge in [-0.3, -0.25) is 14.4 Å². The Kier molecular flexibility index (Phi) is 56.3. The third-order valence-electron chi connectivity index (χ3n) is 12.8. The van der Waals surface area contributed by atoms with Crippen LogP contribution >= 0.6 is 0 Å². The zero-order valence-electron chi connectivity index (χ0n) is 46.7. The molecule has 0 radical (unpaired) electrons. The lowest BCUT2D eigenvalue weighted by molar-refractivity contribution is -0.167. The molecule has 0 aromatic heterocycles. The normalized spacial score (nSPS) is 12.7. The summed E-state index contributed by atoms with van der Waals surface area (Å²) in [5, 5.41) is 0. The Morgan fingerprint density at radius 2 is 0.521 bits per heavy atom. The summed E-state index contributed by atoms with van der Waals surface area (Å²) in [4.78, 5) is 38.2. The van der Waals surface area contributed by atoms with E-state index in [0.29, 0.717) is 19.3 Å². The van der Waals surface area contributed by atoms with Gasteiger partial charge in [-0.1, -0.05) is 241 Å². The lowest BCUT2D eigenvalue weighted by Crippen LogP contribution is -2.30. The van der Waals surface area contributed by atoms with Crippen LogP contribution in [0.15, 0.2) is 85.1 Å². The van der Waals surface area contributed by atoms with Crippen LogP contribution in [-0.4, -0.2) is 37.2 Å². The maximum absolute atomic E-state index is 12.9. The second-order valence-electron chi connectivity index (χ2n) is 19.9. The summed E-state index contributed by atoms with van der Waals surface area (Å²) in [7, 11) is 0. The minimum Gasteiger partial charge on any atom is -0.462 e. The molecular weight excluding hydrogens is 877 g/mol. The van der Waals surface area contributed by atoms with Gasteiger partial charge in [-0.25, -0.2) is 0 Å². The number of carbonyl (C=O) groups excluding carboxylic acids is 3. The summed E-state index contributed by atoms with van der Waals surface area (Å²) < 4.78 is 16.8. The largest absolute Gasteiger partial charge is 0.462 e. The molecule has 0 aromatic rings. The van der Waals surface area contributed by atoms with Crippen LogP contribution < -0.4 is 0 Å². The van der Waals surface area contributed by atoms with E-state index in [4.69, 9.17) is 14.2 Å². The predicted octanol–water partition coefficient (Wildman–Crippen LogP) is 20.3. The highest BCUT2D eigenvalue weighted by molar-refractivity contribution is 5.71. The molecule has 0 saturated carbocycles. The molecule has 0 unspecified atom stereocenters. The van der Waals surface area contributed by atoms with E-state index in [1.54, 1.807) is 0 Å². The minimum absolute atomic E-state index is 0.101. The quantitative estimate of drug-likeness (QED) is 0.0261. The summed E-state index contributed by atoms with van der Waals surface area (Å²) in [5.74, 6) is -0.960. The van der Waals surface area contributed by atoms with Crippen LogP contribution in [0.4, 0.5) is 0 Å². The Hall–Kier alpha value is -3.41. The molecule has 0 saturated heterocycles. The van der Waals surface area contributed by atoms with Gasteiger partial charge >= 0.3 is 17.9 Å². The van der Waals surface area contributed by atoms with Crippen molar-refractivity contribution in [3.05, 3.63) is 85.1 Å². The van der Waals surface area contributed by atoms with Gasteiger partial charge in [0.1, 0.15) is 13.2 Å². The predicted molar refractivity (Wildman–Crippen MR) is 307 cm³/mol. The van der Waals surface area contributed by atoms with E-state index >= 15 is 0 Å². The molecule has 6 nitrogen and oxygen atoms in total. The summed E-state index contributed by atoms with van der Waals surface area (Å²) in [6.07, 6.45) is 77.2. The van der Waals surface area contributed by atoms with Crippen LogP contribution in [0.5, 0.6) is 0 Å². The Labute approximate surface area is 439 Å². The molecule has 0 rings (SSSR count). The number of rotatable bonds is 54. The molecule has 0 aliphatic carbocycles. The highest BCUT2D eigenvalue weighted by Crippen LogP contribution is 2.15. The Bertz CT molecular complexity index is 1370. The van der Waals surface area contributed by atoms with E-state index in [2.05, 4.69) is 106 Å². The Balaban J connectivity index is 4.46. The lowest BCUT2D eigenvalue weighted by Gasteiger charge is -2.18. The molecule has 0 aliphatic heterocycles. The molecule has 1 atom stereocenters. The standard InChI is InChI=1S/C65H112O6/c1-4-7-10-13-16-19-22-25-28-31-32-35-37-40-43-46-49-52-55-58-64(67)70-61-62(71-65(68)59-56-53-50-47-44-41-38-34-30-27-24-21-18-15-12-9-6-3)60-69-63(66)57-54-51-48-45-42-39-36-33-29-26-23-20-17-14-11-8-5-2/h17-18,20-21,25-30,38,41,47,50,62H,4-16,19,22-24,31-37,39-40,42-46,48-49,51-61H2,1-3H3/b20-17+,21-18+,28-25+,29-26+,30-27+,41-38+,50-47+/t62-/m1/s1. The maximum Gasteiger partial charge on any atom is 0.306 e. The van der Waals surface area contributed by atoms with Gasteiger partial charge in [0, 0.05) is 19.3 Å². The molecule has 0 bridgehead atoms. The first kappa shape index (κ1) is 67.6. The molecular formula is C65H112O6. The Morgan fingerprint density at radius 1 is 0.282 bits per heavy atom. The van der Waals surface area contributed by atoms with Crippen molar-refractivity contribution in [3.8, 4) is 0 Å². The number of hydrogen-bond acceptors (Lipinski definition) is 6. The van der Waals surface area contributed by atoms with Gasteiger partial charge in [0.25, 0.3) is 0 Å². The molecule has 0 aliphatic rings. The van der Waals surface area contributed by atoms with Crippen LogP contribution in [0.1, 0.15) is 290 Å². The minimum atomic E-state index is -0.810. The zero-order chi connectivity index (χ0) is 51.4. The summed E-state index contributed by atoms with van der Waals surface area (Å²) in [6.45, 7) is 6.55. The average Bonchev–Trinajstić information content (AvgIpc) is 3.37. The van der Waals surface area contributed by atoms with Crippen molar-refractivity contribution < 1.29 is 28.6 Å². The first-order valence-corrected chi connectivity index (χ1v) is 30.1. The highest BCUT2D eigenvalue weighted by Gasteiger charge is 2.19. The van der Waals surface area contributed by atoms with E-state index in [-0.39, 0.29) is 37.5 Å². The smallest absolute Gasteiger partial charge is 0.306 e. The van der Waals surface area contributed by atoms with Crippen molar-refractivity contribution in [3.63, 3.8) is 0 Å². The van der Waals surface area contributed by atoms with Crippen molar-refractivity contribution in [2.45, 2.75) is 297 Å². The van der Waals surface area contributed by atoms with E-state index < -0.39 is 6.10 Å². The molecule has 0 N–H and O–H groups in total. The molecule has 0 heterocycles. The van der Waals surface area contributed by atoms with E-state index in [1.807, 2.05) is 0 Å². The molecule has 0 fully saturated rings. The summed E-state index contributed by atoms with van der Waals surface area (Å²) in [5.41, 5.74) is 0. The summed E-state index contributed by atoms with van der Waals surface area (Å²) >= 11 is 0. The molecule has 408 valence electrons. The fraction of sp³-hybridized carbons (Fsp3) is 0.738. The van der Waals surface area contributed by atoms with Crippen molar-refractivity contribution in [2.75, 3.05) is 13.2 Å². The van der Waals surface area contributed by atoms with Gasteiger partial charge < -0.3 is 14.2 Å². The third-order valence-corrected chi connectivity index (χ3v) is 12.8. The molecule has 0 amide bonds. The van der Waals surface area contributed by atoms with E-state index in [0.717, 1.165) is 77.0 Å². The number of ether oxygens (including phenoxy) is 3. The van der Waals surface area contributed by atoms with Crippen molar-refractivity contribution >= 4 is 17.9 Å². The van der Waals surface area contributed by atoms with Gasteiger partial charge in [-0.05, 0) is 116 Å². The Morgan fingerprint density at radius 3 is 0.873 bits per heavy atom. The van der Waals surface area contributed by atoms with Crippen LogP contribution in [0.25, 0.3) is 0 Å². The van der Waals surface area contributed by atoms with Crippen LogP contribution in [0.2, 0.25) is 0 Å². The summed E-state index contributed by atoms with van der Waals surface area (Å²) in [6, 6.07) is 0. The van der Waals surface area contributed by atoms with Gasteiger partial charge in [0.05, 0.1) is 0 Å². The number of allylic oxidation sites excluding steroid dienone is 14. The maximum atomic E-state index is 12.9. The number of esters is 3. The molecule has 6 heteroatoms. The highest BCUT2D eigenvalue weighted by atomic mass is 16.6. The second-order valence-corrected chi connectivity index (χ2v) is 19.9. The average molecular weight is 990 g/mol. The van der Waals surface area contributed by atoms with Crippen LogP contribution in [0, 0.1) is 0 Å². The first-order valence-electron chi connectivity index (χ1n) is 30.1. The van der Waals surface area contributed by atoms with Crippen LogP contribution in [0.3, 0.4) is 0 Å². The zero-order valence-corrected chi connectivity index (χ0v) is 46.7. The fourth-order valence-corrected chi connectivity index (χ4v) is 8.28. The van der Waals surface area contributed by atoms with E-state index in [1.165, 1.54) is 167 Å². The number of unbranched alkanes of at least 4 members (excludes halogenated alkanes) is 29. The lowest BCUT2D eigenvalue weighted by atomic mass is 10.1.